The molecule has 106 valence electrons. The van der Waals surface area contributed by atoms with Crippen LogP contribution in [-0.2, 0) is 5.41 Å². The number of ether oxygens (including phenoxy) is 1. The molecule has 0 radical (unpaired) electrons. The summed E-state index contributed by atoms with van der Waals surface area (Å²) in [5.74, 6) is 1.78. The third kappa shape index (κ3) is 2.94. The van der Waals surface area contributed by atoms with Gasteiger partial charge in [0.1, 0.15) is 5.75 Å². The first-order valence-corrected chi connectivity index (χ1v) is 7.25. The van der Waals surface area contributed by atoms with E-state index < -0.39 is 0 Å². The maximum Gasteiger partial charge on any atom is 0.122 e. The van der Waals surface area contributed by atoms with Gasteiger partial charge in [0.15, 0.2) is 0 Å². The Bertz CT molecular complexity index is 459. The van der Waals surface area contributed by atoms with Crippen molar-refractivity contribution in [3.05, 3.63) is 28.8 Å². The Morgan fingerprint density at radius 3 is 2.42 bits per heavy atom. The van der Waals surface area contributed by atoms with Crippen molar-refractivity contribution in [3.8, 4) is 5.75 Å². The molecule has 1 aliphatic heterocycles. The topological polar surface area (TPSA) is 21.3 Å². The summed E-state index contributed by atoms with van der Waals surface area (Å²) in [6, 6.07) is 5.05. The number of methoxy groups -OCH3 is 1. The van der Waals surface area contributed by atoms with E-state index >= 15 is 0 Å². The summed E-state index contributed by atoms with van der Waals surface area (Å²) in [6.45, 7) is 12.4. The highest BCUT2D eigenvalue weighted by atomic mass is 16.5. The van der Waals surface area contributed by atoms with Crippen LogP contribution in [0, 0.1) is 12.8 Å². The SMILES string of the molecule is COc1cc(C)c(C2CC(C)CN2)cc1C(C)(C)C. The van der Waals surface area contributed by atoms with Crippen molar-refractivity contribution in [1.82, 2.24) is 5.32 Å². The first kappa shape index (κ1) is 14.4. The van der Waals surface area contributed by atoms with E-state index in [1.807, 2.05) is 0 Å². The highest BCUT2D eigenvalue weighted by Gasteiger charge is 2.26. The fraction of sp³-hybridized carbons (Fsp3) is 0.647. The van der Waals surface area contributed by atoms with Crippen molar-refractivity contribution in [2.45, 2.75) is 52.5 Å². The third-order valence-electron chi connectivity index (χ3n) is 4.12. The molecule has 0 bridgehead atoms. The van der Waals surface area contributed by atoms with Gasteiger partial charge in [-0.05, 0) is 60.0 Å². The Hall–Kier alpha value is -1.02. The summed E-state index contributed by atoms with van der Waals surface area (Å²) in [4.78, 5) is 0. The van der Waals surface area contributed by atoms with Gasteiger partial charge in [0.2, 0.25) is 0 Å². The molecule has 1 saturated heterocycles. The zero-order valence-electron chi connectivity index (χ0n) is 13.1. The Labute approximate surface area is 117 Å². The van der Waals surface area contributed by atoms with Gasteiger partial charge in [0.25, 0.3) is 0 Å². The fourth-order valence-corrected chi connectivity index (χ4v) is 2.98. The predicted molar refractivity (Wildman–Crippen MR) is 81.0 cm³/mol. The standard InChI is InChI=1S/C17H27NO/c1-11-7-15(18-10-11)13-9-14(17(3,4)5)16(19-6)8-12(13)2/h8-9,11,15,18H,7,10H2,1-6H3. The molecule has 1 aromatic rings. The minimum atomic E-state index is 0.109. The van der Waals surface area contributed by atoms with Crippen LogP contribution in [0.2, 0.25) is 0 Å². The molecule has 2 unspecified atom stereocenters. The van der Waals surface area contributed by atoms with Gasteiger partial charge >= 0.3 is 0 Å². The number of nitrogens with one attached hydrogen (secondary N) is 1. The molecule has 2 atom stereocenters. The molecule has 2 nitrogen and oxygen atoms in total. The van der Waals surface area contributed by atoms with Crippen molar-refractivity contribution in [2.24, 2.45) is 5.92 Å². The molecule has 2 rings (SSSR count). The van der Waals surface area contributed by atoms with Crippen LogP contribution in [0.5, 0.6) is 5.75 Å². The van der Waals surface area contributed by atoms with Gasteiger partial charge in [0.05, 0.1) is 7.11 Å². The molecule has 0 saturated carbocycles. The van der Waals surface area contributed by atoms with Crippen LogP contribution < -0.4 is 10.1 Å². The Morgan fingerprint density at radius 1 is 1.26 bits per heavy atom. The molecule has 1 fully saturated rings. The van der Waals surface area contributed by atoms with E-state index in [1.54, 1.807) is 7.11 Å². The summed E-state index contributed by atoms with van der Waals surface area (Å²) in [5.41, 5.74) is 4.18. The maximum atomic E-state index is 5.57. The van der Waals surface area contributed by atoms with Gasteiger partial charge in [-0.2, -0.15) is 0 Å². The molecule has 1 N–H and O–H groups in total. The average Bonchev–Trinajstić information content (AvgIpc) is 2.73. The normalized spacial score (nSPS) is 23.7. The second-order valence-electron chi connectivity index (χ2n) is 6.96. The van der Waals surface area contributed by atoms with Crippen LogP contribution in [0.4, 0.5) is 0 Å². The first-order valence-electron chi connectivity index (χ1n) is 7.25. The second-order valence-corrected chi connectivity index (χ2v) is 6.96. The maximum absolute atomic E-state index is 5.57. The number of hydrogen-bond donors (Lipinski definition) is 1. The Kier molecular flexibility index (Phi) is 3.91. The van der Waals surface area contributed by atoms with E-state index in [0.29, 0.717) is 6.04 Å². The van der Waals surface area contributed by atoms with Crippen molar-refractivity contribution in [3.63, 3.8) is 0 Å². The summed E-state index contributed by atoms with van der Waals surface area (Å²) < 4.78 is 5.57. The smallest absolute Gasteiger partial charge is 0.122 e. The number of aryl methyl sites for hydroxylation is 1. The summed E-state index contributed by atoms with van der Waals surface area (Å²) >= 11 is 0. The van der Waals surface area contributed by atoms with Crippen molar-refractivity contribution < 1.29 is 4.74 Å². The highest BCUT2D eigenvalue weighted by molar-refractivity contribution is 5.47. The van der Waals surface area contributed by atoms with Crippen LogP contribution in [-0.4, -0.2) is 13.7 Å². The van der Waals surface area contributed by atoms with Crippen molar-refractivity contribution in [2.75, 3.05) is 13.7 Å². The molecule has 2 heteroatoms. The van der Waals surface area contributed by atoms with E-state index in [-0.39, 0.29) is 5.41 Å². The number of rotatable bonds is 2. The molecule has 1 heterocycles. The van der Waals surface area contributed by atoms with Crippen LogP contribution >= 0.6 is 0 Å². The van der Waals surface area contributed by atoms with E-state index in [4.69, 9.17) is 4.74 Å². The van der Waals surface area contributed by atoms with Crippen molar-refractivity contribution >= 4 is 0 Å². The van der Waals surface area contributed by atoms with Crippen LogP contribution in [0.1, 0.15) is 56.8 Å². The zero-order chi connectivity index (χ0) is 14.2. The van der Waals surface area contributed by atoms with Crippen LogP contribution in [0.25, 0.3) is 0 Å². The van der Waals surface area contributed by atoms with Gasteiger partial charge in [-0.1, -0.05) is 27.7 Å². The summed E-state index contributed by atoms with van der Waals surface area (Å²) in [5, 5.41) is 3.64. The predicted octanol–water partition coefficient (Wildman–Crippen LogP) is 3.97. The molecule has 1 aliphatic rings. The largest absolute Gasteiger partial charge is 0.496 e. The van der Waals surface area contributed by atoms with Gasteiger partial charge in [0, 0.05) is 6.04 Å². The molecule has 19 heavy (non-hydrogen) atoms. The molecular weight excluding hydrogens is 234 g/mol. The molecule has 1 aromatic carbocycles. The second kappa shape index (κ2) is 5.16. The quantitative estimate of drug-likeness (QED) is 0.869. The van der Waals surface area contributed by atoms with E-state index in [0.717, 1.165) is 18.2 Å². The van der Waals surface area contributed by atoms with Gasteiger partial charge in [-0.15, -0.1) is 0 Å². The lowest BCUT2D eigenvalue weighted by molar-refractivity contribution is 0.396. The number of hydrogen-bond acceptors (Lipinski definition) is 2. The average molecular weight is 261 g/mol. The fourth-order valence-electron chi connectivity index (χ4n) is 2.98. The van der Waals surface area contributed by atoms with Crippen molar-refractivity contribution in [1.29, 1.82) is 0 Å². The lowest BCUT2D eigenvalue weighted by Gasteiger charge is -2.25. The van der Waals surface area contributed by atoms with E-state index in [1.165, 1.54) is 23.1 Å². The number of benzene rings is 1. The van der Waals surface area contributed by atoms with E-state index in [2.05, 4.69) is 52.1 Å². The molecule has 0 aliphatic carbocycles. The summed E-state index contributed by atoms with van der Waals surface area (Å²) in [7, 11) is 1.76. The molecular formula is C17H27NO. The first-order chi connectivity index (χ1) is 8.82. The summed E-state index contributed by atoms with van der Waals surface area (Å²) in [6.07, 6.45) is 1.23. The zero-order valence-corrected chi connectivity index (χ0v) is 13.1. The molecule has 0 aromatic heterocycles. The van der Waals surface area contributed by atoms with Crippen LogP contribution in [0.3, 0.4) is 0 Å². The van der Waals surface area contributed by atoms with Crippen LogP contribution in [0.15, 0.2) is 12.1 Å². The lowest BCUT2D eigenvalue weighted by atomic mass is 9.83. The minimum absolute atomic E-state index is 0.109. The van der Waals surface area contributed by atoms with Gasteiger partial charge in [-0.3, -0.25) is 0 Å². The molecule has 0 amide bonds. The van der Waals surface area contributed by atoms with Gasteiger partial charge in [-0.25, -0.2) is 0 Å². The lowest BCUT2D eigenvalue weighted by Crippen LogP contribution is -2.18. The van der Waals surface area contributed by atoms with E-state index in [9.17, 15) is 0 Å². The monoisotopic (exact) mass is 261 g/mol. The van der Waals surface area contributed by atoms with Gasteiger partial charge < -0.3 is 10.1 Å². The Balaban J connectivity index is 2.45. The molecule has 0 spiro atoms. The Morgan fingerprint density at radius 2 is 1.95 bits per heavy atom. The highest BCUT2D eigenvalue weighted by Crippen LogP contribution is 2.37. The third-order valence-corrected chi connectivity index (χ3v) is 4.12. The minimum Gasteiger partial charge on any atom is -0.496 e.